The number of amides is 1. The molecular weight excluding hydrogens is 308 g/mol. The number of thiophene rings is 1. The topological polar surface area (TPSA) is 55.1 Å². The van der Waals surface area contributed by atoms with E-state index in [0.717, 1.165) is 35.2 Å². The fourth-order valence-corrected chi connectivity index (χ4v) is 3.88. The minimum Gasteiger partial charge on any atom is -0.440 e. The largest absolute Gasteiger partial charge is 0.440 e. The van der Waals surface area contributed by atoms with E-state index >= 15 is 0 Å². The Kier molecular flexibility index (Phi) is 5.49. The van der Waals surface area contributed by atoms with Crippen molar-refractivity contribution in [3.05, 3.63) is 29.0 Å². The van der Waals surface area contributed by atoms with Crippen LogP contribution in [0.15, 0.2) is 21.9 Å². The zero-order valence-electron chi connectivity index (χ0n) is 13.6. The first-order chi connectivity index (χ1) is 11.2. The standard InChI is InChI=1S/C18H24N2O2S/c1-13-15(20-18(22-13)16-9-5-11-23-16)12-17(21)19-10-4-8-14-6-2-3-7-14/h5,9,11,14H,2-4,6-8,10,12H2,1H3,(H,19,21). The lowest BCUT2D eigenvalue weighted by molar-refractivity contribution is -0.120. The van der Waals surface area contributed by atoms with Gasteiger partial charge in [-0.1, -0.05) is 31.7 Å². The van der Waals surface area contributed by atoms with E-state index < -0.39 is 0 Å². The molecule has 23 heavy (non-hydrogen) atoms. The van der Waals surface area contributed by atoms with Crippen molar-refractivity contribution in [2.24, 2.45) is 5.92 Å². The number of nitrogens with one attached hydrogen (secondary N) is 1. The zero-order chi connectivity index (χ0) is 16.1. The van der Waals surface area contributed by atoms with E-state index in [4.69, 9.17) is 4.42 Å². The molecule has 0 spiro atoms. The molecule has 1 aliphatic carbocycles. The summed E-state index contributed by atoms with van der Waals surface area (Å²) < 4.78 is 5.67. The third-order valence-corrected chi connectivity index (χ3v) is 5.40. The van der Waals surface area contributed by atoms with Gasteiger partial charge in [0, 0.05) is 6.54 Å². The number of hydrogen-bond acceptors (Lipinski definition) is 4. The minimum atomic E-state index is 0.0329. The highest BCUT2D eigenvalue weighted by molar-refractivity contribution is 7.13. The number of carbonyl (C=O) groups is 1. The van der Waals surface area contributed by atoms with E-state index in [9.17, 15) is 4.79 Å². The van der Waals surface area contributed by atoms with Crippen molar-refractivity contribution < 1.29 is 9.21 Å². The van der Waals surface area contributed by atoms with Crippen LogP contribution >= 0.6 is 11.3 Å². The summed E-state index contributed by atoms with van der Waals surface area (Å²) in [7, 11) is 0. The van der Waals surface area contributed by atoms with Gasteiger partial charge in [0.15, 0.2) is 0 Å². The first-order valence-corrected chi connectivity index (χ1v) is 9.37. The number of rotatable bonds is 7. The van der Waals surface area contributed by atoms with Crippen LogP contribution in [0.3, 0.4) is 0 Å². The van der Waals surface area contributed by atoms with Gasteiger partial charge in [-0.25, -0.2) is 4.98 Å². The van der Waals surface area contributed by atoms with Crippen molar-refractivity contribution in [3.8, 4) is 10.8 Å². The summed E-state index contributed by atoms with van der Waals surface area (Å²) in [5, 5.41) is 5.00. The van der Waals surface area contributed by atoms with Crippen LogP contribution in [-0.4, -0.2) is 17.4 Å². The number of aromatic nitrogens is 1. The van der Waals surface area contributed by atoms with Crippen molar-refractivity contribution in [1.29, 1.82) is 0 Å². The molecule has 1 fully saturated rings. The van der Waals surface area contributed by atoms with Crippen molar-refractivity contribution in [1.82, 2.24) is 10.3 Å². The van der Waals surface area contributed by atoms with Crippen LogP contribution in [0.2, 0.25) is 0 Å². The van der Waals surface area contributed by atoms with Crippen LogP contribution in [0.4, 0.5) is 0 Å². The summed E-state index contributed by atoms with van der Waals surface area (Å²) >= 11 is 1.59. The van der Waals surface area contributed by atoms with E-state index in [1.165, 1.54) is 32.1 Å². The number of oxazole rings is 1. The Morgan fingerprint density at radius 3 is 3.00 bits per heavy atom. The molecule has 0 atom stereocenters. The van der Waals surface area contributed by atoms with Gasteiger partial charge < -0.3 is 9.73 Å². The van der Waals surface area contributed by atoms with E-state index in [0.29, 0.717) is 12.3 Å². The number of carbonyl (C=O) groups excluding carboxylic acids is 1. The molecule has 0 aromatic carbocycles. The lowest BCUT2D eigenvalue weighted by atomic mass is 10.0. The molecule has 2 aromatic heterocycles. The second-order valence-electron chi connectivity index (χ2n) is 6.32. The summed E-state index contributed by atoms with van der Waals surface area (Å²) in [6.07, 6.45) is 8.13. The second-order valence-corrected chi connectivity index (χ2v) is 7.27. The maximum atomic E-state index is 12.1. The Balaban J connectivity index is 1.44. The Hall–Kier alpha value is -1.62. The fourth-order valence-electron chi connectivity index (χ4n) is 3.23. The van der Waals surface area contributed by atoms with Crippen molar-refractivity contribution in [3.63, 3.8) is 0 Å². The van der Waals surface area contributed by atoms with E-state index in [1.54, 1.807) is 11.3 Å². The highest BCUT2D eigenvalue weighted by atomic mass is 32.1. The van der Waals surface area contributed by atoms with Gasteiger partial charge in [-0.15, -0.1) is 11.3 Å². The number of nitrogens with zero attached hydrogens (tertiary/aromatic N) is 1. The Morgan fingerprint density at radius 1 is 1.43 bits per heavy atom. The van der Waals surface area contributed by atoms with Crippen LogP contribution in [0.5, 0.6) is 0 Å². The Labute approximate surface area is 141 Å². The molecule has 1 amide bonds. The summed E-state index contributed by atoms with van der Waals surface area (Å²) in [5.74, 6) is 2.26. The van der Waals surface area contributed by atoms with Gasteiger partial charge >= 0.3 is 0 Å². The van der Waals surface area contributed by atoms with Crippen LogP contribution in [0, 0.1) is 12.8 Å². The van der Waals surface area contributed by atoms with Crippen LogP contribution in [-0.2, 0) is 11.2 Å². The first-order valence-electron chi connectivity index (χ1n) is 8.49. The average molecular weight is 332 g/mol. The van der Waals surface area contributed by atoms with Gasteiger partial charge in [-0.05, 0) is 37.1 Å². The molecule has 0 saturated heterocycles. The molecule has 1 aliphatic rings. The fraction of sp³-hybridized carbons (Fsp3) is 0.556. The number of hydrogen-bond donors (Lipinski definition) is 1. The van der Waals surface area contributed by atoms with Gasteiger partial charge in [0.1, 0.15) is 5.76 Å². The molecule has 1 N–H and O–H groups in total. The molecule has 0 bridgehead atoms. The molecule has 0 radical (unpaired) electrons. The van der Waals surface area contributed by atoms with Gasteiger partial charge in [-0.3, -0.25) is 4.79 Å². The molecule has 124 valence electrons. The average Bonchev–Trinajstić information content (AvgIpc) is 3.26. The third-order valence-electron chi connectivity index (χ3n) is 4.54. The second kappa shape index (κ2) is 7.77. The van der Waals surface area contributed by atoms with E-state index in [1.807, 2.05) is 24.4 Å². The predicted octanol–water partition coefficient (Wildman–Crippen LogP) is 4.34. The van der Waals surface area contributed by atoms with Crippen LogP contribution in [0.1, 0.15) is 50.0 Å². The molecule has 5 heteroatoms. The van der Waals surface area contributed by atoms with Crippen molar-refractivity contribution in [2.45, 2.75) is 51.9 Å². The van der Waals surface area contributed by atoms with E-state index in [-0.39, 0.29) is 5.91 Å². The summed E-state index contributed by atoms with van der Waals surface area (Å²) in [6.45, 7) is 2.64. The molecule has 0 aliphatic heterocycles. The van der Waals surface area contributed by atoms with Crippen molar-refractivity contribution in [2.75, 3.05) is 6.54 Å². The van der Waals surface area contributed by atoms with E-state index in [2.05, 4.69) is 10.3 Å². The molecule has 3 rings (SSSR count). The summed E-state index contributed by atoms with van der Waals surface area (Å²) in [6, 6.07) is 3.94. The molecule has 4 nitrogen and oxygen atoms in total. The van der Waals surface area contributed by atoms with Gasteiger partial charge in [0.25, 0.3) is 0 Å². The quantitative estimate of drug-likeness (QED) is 0.767. The molecular formula is C18H24N2O2S. The maximum absolute atomic E-state index is 12.1. The smallest absolute Gasteiger partial charge is 0.236 e. The van der Waals surface area contributed by atoms with Gasteiger partial charge in [-0.2, -0.15) is 0 Å². The van der Waals surface area contributed by atoms with Crippen LogP contribution < -0.4 is 5.32 Å². The lowest BCUT2D eigenvalue weighted by Crippen LogP contribution is -2.26. The Bertz CT molecular complexity index is 627. The lowest BCUT2D eigenvalue weighted by Gasteiger charge is -2.09. The Morgan fingerprint density at radius 2 is 2.26 bits per heavy atom. The first kappa shape index (κ1) is 16.2. The zero-order valence-corrected chi connectivity index (χ0v) is 14.5. The molecule has 0 unspecified atom stereocenters. The molecule has 2 heterocycles. The monoisotopic (exact) mass is 332 g/mol. The summed E-state index contributed by atoms with van der Waals surface area (Å²) in [5.41, 5.74) is 0.738. The highest BCUT2D eigenvalue weighted by Gasteiger charge is 2.16. The van der Waals surface area contributed by atoms with Crippen LogP contribution in [0.25, 0.3) is 10.8 Å². The minimum absolute atomic E-state index is 0.0329. The SMILES string of the molecule is Cc1oc(-c2cccs2)nc1CC(=O)NCCCC1CCCC1. The maximum Gasteiger partial charge on any atom is 0.236 e. The third kappa shape index (κ3) is 4.44. The van der Waals surface area contributed by atoms with Crippen molar-refractivity contribution >= 4 is 17.2 Å². The highest BCUT2D eigenvalue weighted by Crippen LogP contribution is 2.28. The normalized spacial score (nSPS) is 15.2. The van der Waals surface area contributed by atoms with Gasteiger partial charge in [0.05, 0.1) is 17.0 Å². The predicted molar refractivity (Wildman–Crippen MR) is 92.5 cm³/mol. The molecule has 2 aromatic rings. The van der Waals surface area contributed by atoms with Gasteiger partial charge in [0.2, 0.25) is 11.8 Å². The molecule has 1 saturated carbocycles. The summed E-state index contributed by atoms with van der Waals surface area (Å²) in [4.78, 5) is 17.5. The number of aryl methyl sites for hydroxylation is 1.